The molecule has 0 saturated heterocycles. The Morgan fingerprint density at radius 1 is 1.14 bits per heavy atom. The molecule has 5 rings (SSSR count). The Morgan fingerprint density at radius 3 is 2.61 bits per heavy atom. The van der Waals surface area contributed by atoms with Gasteiger partial charge in [-0.2, -0.15) is 0 Å². The summed E-state index contributed by atoms with van der Waals surface area (Å²) >= 11 is 0. The predicted octanol–water partition coefficient (Wildman–Crippen LogP) is 6.20. The molecule has 186 valence electrons. The highest BCUT2D eigenvalue weighted by Crippen LogP contribution is 2.45. The van der Waals surface area contributed by atoms with Crippen LogP contribution < -0.4 is 9.64 Å². The number of nitrogens with zero attached hydrogens (tertiary/aromatic N) is 3. The van der Waals surface area contributed by atoms with Gasteiger partial charge in [0.15, 0.2) is 5.78 Å². The number of anilines is 1. The average molecular weight is 484 g/mol. The minimum atomic E-state index is -0.722. The molecule has 0 aliphatic carbocycles. The van der Waals surface area contributed by atoms with Gasteiger partial charge in [-0.3, -0.25) is 9.78 Å². The van der Waals surface area contributed by atoms with E-state index in [0.29, 0.717) is 6.61 Å². The van der Waals surface area contributed by atoms with Crippen LogP contribution in [0.25, 0.3) is 32.9 Å². The molecule has 6 heteroatoms. The van der Waals surface area contributed by atoms with Crippen molar-refractivity contribution in [2.75, 3.05) is 25.6 Å². The van der Waals surface area contributed by atoms with E-state index in [0.717, 1.165) is 62.0 Å². The molecule has 6 nitrogen and oxygen atoms in total. The summed E-state index contributed by atoms with van der Waals surface area (Å²) in [7, 11) is 3.96. The lowest BCUT2D eigenvalue weighted by atomic mass is 9.85. The topological polar surface area (TPSA) is 64.5 Å². The molecule has 2 aromatic carbocycles. The highest BCUT2D eigenvalue weighted by Gasteiger charge is 2.31. The van der Waals surface area contributed by atoms with Gasteiger partial charge in [-0.1, -0.05) is 0 Å². The maximum Gasteiger partial charge on any atom is 0.163 e. The molecular formula is C30H33N3O3. The number of hydrogen-bond donors (Lipinski definition) is 0. The highest BCUT2D eigenvalue weighted by molar-refractivity contribution is 6.08. The van der Waals surface area contributed by atoms with Crippen LogP contribution in [0, 0.1) is 6.92 Å². The third-order valence-corrected chi connectivity index (χ3v) is 6.63. The molecule has 0 amide bonds. The van der Waals surface area contributed by atoms with Crippen molar-refractivity contribution in [1.82, 2.24) is 9.97 Å². The fraction of sp³-hybridized carbons (Fsp3) is 0.367. The lowest BCUT2D eigenvalue weighted by molar-refractivity contribution is -0.138. The first-order chi connectivity index (χ1) is 17.0. The molecular weight excluding hydrogens is 450 g/mol. The first-order valence-corrected chi connectivity index (χ1v) is 12.4. The lowest BCUT2D eigenvalue weighted by Crippen LogP contribution is -2.27. The zero-order valence-electron chi connectivity index (χ0n) is 22.1. The number of fused-ring (bicyclic) bond motifs is 1. The van der Waals surface area contributed by atoms with Crippen molar-refractivity contribution in [3.05, 3.63) is 59.3 Å². The van der Waals surface area contributed by atoms with Gasteiger partial charge < -0.3 is 14.4 Å². The Hall–Kier alpha value is -3.51. The summed E-state index contributed by atoms with van der Waals surface area (Å²) in [5.41, 5.74) is 6.17. The molecule has 0 bridgehead atoms. The molecule has 0 N–H and O–H groups in total. The lowest BCUT2D eigenvalue weighted by Gasteiger charge is -2.30. The molecule has 0 spiro atoms. The number of carbonyl (C=O) groups is 1. The van der Waals surface area contributed by atoms with Crippen molar-refractivity contribution in [2.24, 2.45) is 0 Å². The quantitative estimate of drug-likeness (QED) is 0.337. The smallest absolute Gasteiger partial charge is 0.163 e. The van der Waals surface area contributed by atoms with Gasteiger partial charge in [0.2, 0.25) is 0 Å². The van der Waals surface area contributed by atoms with Gasteiger partial charge in [-0.15, -0.1) is 0 Å². The van der Waals surface area contributed by atoms with Crippen LogP contribution in [0.15, 0.2) is 42.6 Å². The number of rotatable bonds is 5. The molecule has 3 heterocycles. The Kier molecular flexibility index (Phi) is 5.95. The van der Waals surface area contributed by atoms with Crippen LogP contribution in [0.2, 0.25) is 0 Å². The summed E-state index contributed by atoms with van der Waals surface area (Å²) in [4.78, 5) is 24.8. The zero-order valence-corrected chi connectivity index (χ0v) is 22.1. The number of carbonyl (C=O) groups excluding carboxylic acids is 1. The number of Topliss-reactive ketones (excluding diaryl/α,β-unsaturated/α-hetero) is 1. The van der Waals surface area contributed by atoms with Gasteiger partial charge in [-0.05, 0) is 93.3 Å². The van der Waals surface area contributed by atoms with Gasteiger partial charge in [-0.25, -0.2) is 4.98 Å². The molecule has 0 radical (unpaired) electrons. The van der Waals surface area contributed by atoms with Crippen LogP contribution in [-0.2, 0) is 16.0 Å². The fourth-order valence-electron chi connectivity index (χ4n) is 5.09. The van der Waals surface area contributed by atoms with E-state index in [9.17, 15) is 4.79 Å². The third-order valence-electron chi connectivity index (χ3n) is 6.63. The minimum Gasteiger partial charge on any atom is -0.493 e. The van der Waals surface area contributed by atoms with E-state index in [2.05, 4.69) is 24.3 Å². The van der Waals surface area contributed by atoms with Gasteiger partial charge in [0.1, 0.15) is 17.7 Å². The summed E-state index contributed by atoms with van der Waals surface area (Å²) in [6.45, 7) is 10.2. The molecule has 0 unspecified atom stereocenters. The second-order valence-electron chi connectivity index (χ2n) is 10.7. The van der Waals surface area contributed by atoms with Crippen LogP contribution in [0.3, 0.4) is 0 Å². The van der Waals surface area contributed by atoms with E-state index in [-0.39, 0.29) is 5.78 Å². The van der Waals surface area contributed by atoms with E-state index < -0.39 is 11.7 Å². The number of aromatic nitrogens is 2. The molecule has 1 atom stereocenters. The highest BCUT2D eigenvalue weighted by atomic mass is 16.5. The number of pyridine rings is 2. The van der Waals surface area contributed by atoms with E-state index in [1.165, 1.54) is 5.56 Å². The van der Waals surface area contributed by atoms with E-state index >= 15 is 0 Å². The summed E-state index contributed by atoms with van der Waals surface area (Å²) in [5, 5.41) is 2.00. The summed E-state index contributed by atoms with van der Waals surface area (Å²) < 4.78 is 12.4. The van der Waals surface area contributed by atoms with Crippen molar-refractivity contribution in [3.8, 4) is 16.9 Å². The van der Waals surface area contributed by atoms with E-state index in [1.807, 2.05) is 65.0 Å². The molecule has 1 aliphatic heterocycles. The largest absolute Gasteiger partial charge is 0.493 e. The number of ether oxygens (including phenoxy) is 2. The van der Waals surface area contributed by atoms with Crippen LogP contribution >= 0.6 is 0 Å². The van der Waals surface area contributed by atoms with Crippen LogP contribution in [0.1, 0.15) is 50.5 Å². The van der Waals surface area contributed by atoms with Crippen molar-refractivity contribution < 1.29 is 14.3 Å². The number of benzene rings is 2. The maximum atomic E-state index is 13.1. The first-order valence-electron chi connectivity index (χ1n) is 12.4. The maximum absolute atomic E-state index is 13.1. The summed E-state index contributed by atoms with van der Waals surface area (Å²) in [5.74, 6) is 1.69. The SMILES string of the molecule is CC(=O)[C@@H](OC(C)(C)C)c1c(C)cc2nc(N(C)C)ccc2c1-c1ccc2c3c(ccnc13)CCO2. The molecule has 2 aromatic heterocycles. The van der Waals surface area contributed by atoms with Crippen molar-refractivity contribution >= 4 is 33.4 Å². The van der Waals surface area contributed by atoms with Crippen molar-refractivity contribution in [1.29, 1.82) is 0 Å². The third kappa shape index (κ3) is 4.20. The van der Waals surface area contributed by atoms with E-state index in [4.69, 9.17) is 19.4 Å². The number of aryl methyl sites for hydroxylation is 1. The van der Waals surface area contributed by atoms with Crippen molar-refractivity contribution in [3.63, 3.8) is 0 Å². The second kappa shape index (κ2) is 8.86. The summed E-state index contributed by atoms with van der Waals surface area (Å²) in [6.07, 6.45) is 1.98. The first kappa shape index (κ1) is 24.2. The predicted molar refractivity (Wildman–Crippen MR) is 145 cm³/mol. The average Bonchev–Trinajstić information content (AvgIpc) is 2.81. The molecule has 1 aliphatic rings. The number of ketones is 1. The monoisotopic (exact) mass is 483 g/mol. The Balaban J connectivity index is 1.91. The van der Waals surface area contributed by atoms with Gasteiger partial charge >= 0.3 is 0 Å². The Labute approximate surface area is 212 Å². The zero-order chi connectivity index (χ0) is 25.8. The molecule has 36 heavy (non-hydrogen) atoms. The molecule has 4 aromatic rings. The Morgan fingerprint density at radius 2 is 1.92 bits per heavy atom. The van der Waals surface area contributed by atoms with Crippen LogP contribution in [-0.4, -0.2) is 42.1 Å². The standard InChI is InChI=1S/C30H33N3O3/c1-17-16-22-20(9-11-24(32-22)33(6)7)27(25(17)29(18(2)34)36-30(3,4)5)21-8-10-23-26-19(13-15-35-23)12-14-31-28(21)26/h8-12,14,16,29H,13,15H2,1-7H3/t29-/m1/s1. The van der Waals surface area contributed by atoms with Crippen LogP contribution in [0.4, 0.5) is 5.82 Å². The van der Waals surface area contributed by atoms with Gasteiger partial charge in [0, 0.05) is 43.0 Å². The molecule has 0 fully saturated rings. The van der Waals surface area contributed by atoms with Gasteiger partial charge in [0.05, 0.1) is 23.2 Å². The Bertz CT molecular complexity index is 1490. The second-order valence-corrected chi connectivity index (χ2v) is 10.7. The minimum absolute atomic E-state index is 0.0366. The van der Waals surface area contributed by atoms with Gasteiger partial charge in [0.25, 0.3) is 0 Å². The summed E-state index contributed by atoms with van der Waals surface area (Å²) in [6, 6.07) is 12.3. The van der Waals surface area contributed by atoms with Crippen molar-refractivity contribution in [2.45, 2.75) is 52.7 Å². The molecule has 0 saturated carbocycles. The fourth-order valence-corrected chi connectivity index (χ4v) is 5.09. The van der Waals surface area contributed by atoms with E-state index in [1.54, 1.807) is 6.92 Å². The van der Waals surface area contributed by atoms with Crippen LogP contribution in [0.5, 0.6) is 5.75 Å². The number of hydrogen-bond acceptors (Lipinski definition) is 6. The normalized spacial score (nSPS) is 14.1.